The topological polar surface area (TPSA) is 103 Å². The monoisotopic (exact) mass is 510 g/mol. The van der Waals surface area contributed by atoms with E-state index in [0.717, 1.165) is 45.6 Å². The van der Waals surface area contributed by atoms with Crippen LogP contribution >= 0.6 is 0 Å². The van der Waals surface area contributed by atoms with Crippen molar-refractivity contribution >= 4 is 17.8 Å². The number of amides is 4. The molecule has 4 amide bonds. The van der Waals surface area contributed by atoms with Gasteiger partial charge in [-0.2, -0.15) is 0 Å². The summed E-state index contributed by atoms with van der Waals surface area (Å²) in [5.41, 5.74) is 3.23. The number of aromatic nitrogens is 1. The number of imide groups is 1. The number of fused-ring (bicyclic) bond motifs is 2. The summed E-state index contributed by atoms with van der Waals surface area (Å²) in [6, 6.07) is 18.3. The first kappa shape index (κ1) is 24.2. The minimum Gasteiger partial charge on any atom is -0.334 e. The summed E-state index contributed by atoms with van der Waals surface area (Å²) in [5, 5.41) is 2.93. The molecule has 1 saturated heterocycles. The van der Waals surface area contributed by atoms with Crippen molar-refractivity contribution in [1.82, 2.24) is 20.1 Å². The minimum absolute atomic E-state index is 0.0379. The van der Waals surface area contributed by atoms with Crippen LogP contribution in [0.5, 0.6) is 0 Å². The van der Waals surface area contributed by atoms with Crippen LogP contribution in [-0.4, -0.2) is 45.2 Å². The molecule has 0 bridgehead atoms. The van der Waals surface area contributed by atoms with Crippen LogP contribution in [-0.2, 0) is 28.1 Å². The van der Waals surface area contributed by atoms with Crippen LogP contribution in [0.3, 0.4) is 0 Å². The van der Waals surface area contributed by atoms with Gasteiger partial charge in [0.25, 0.3) is 5.91 Å². The fraction of sp³-hybridized carbons (Fsp3) is 0.333. The van der Waals surface area contributed by atoms with Crippen LogP contribution in [0.4, 0.5) is 4.79 Å². The molecule has 2 aliphatic carbocycles. The number of rotatable bonds is 7. The van der Waals surface area contributed by atoms with E-state index in [2.05, 4.69) is 17.2 Å². The third-order valence-corrected chi connectivity index (χ3v) is 8.23. The zero-order valence-electron chi connectivity index (χ0n) is 21.3. The second kappa shape index (κ2) is 9.28. The average molecular weight is 511 g/mol. The quantitative estimate of drug-likeness (QED) is 0.475. The third kappa shape index (κ3) is 4.20. The number of nitrogens with zero attached hydrogens (tertiary/aromatic N) is 2. The molecule has 2 N–H and O–H groups in total. The molecule has 8 heteroatoms. The number of benzene rings is 2. The number of hydrogen-bond acceptors (Lipinski definition) is 4. The molecule has 6 rings (SSSR count). The standard InChI is InChI=1S/C30H30N4O4/c1-19(21-7-8-21)33(17-20-5-3-2-4-6-20)27(36)18-34-28(37)30(32-29(34)38)14-13-23-15-22(9-11-25(23)30)24-10-12-26(35)31-16-24/h2-6,9-12,15-16,19,21H,7-8,13-14,17-18H2,1H3,(H,31,35)(H,32,38)/t19-,30-/m0/s1. The Morgan fingerprint density at radius 2 is 1.82 bits per heavy atom. The Labute approximate surface area is 220 Å². The summed E-state index contributed by atoms with van der Waals surface area (Å²) in [6.07, 6.45) is 4.90. The number of aryl methyl sites for hydroxylation is 1. The van der Waals surface area contributed by atoms with Crippen LogP contribution in [0, 0.1) is 5.92 Å². The van der Waals surface area contributed by atoms with E-state index in [-0.39, 0.29) is 30.0 Å². The third-order valence-electron chi connectivity index (χ3n) is 8.23. The predicted molar refractivity (Wildman–Crippen MR) is 142 cm³/mol. The Hall–Kier alpha value is -4.20. The fourth-order valence-electron chi connectivity index (χ4n) is 5.86. The molecule has 3 aromatic rings. The molecule has 1 aromatic heterocycles. The smallest absolute Gasteiger partial charge is 0.325 e. The van der Waals surface area contributed by atoms with Crippen LogP contribution in [0.1, 0.15) is 42.9 Å². The Balaban J connectivity index is 1.23. The van der Waals surface area contributed by atoms with Crippen LogP contribution < -0.4 is 10.9 Å². The summed E-state index contributed by atoms with van der Waals surface area (Å²) in [5.74, 6) is -0.138. The first-order valence-electron chi connectivity index (χ1n) is 13.2. The summed E-state index contributed by atoms with van der Waals surface area (Å²) in [7, 11) is 0. The Morgan fingerprint density at radius 1 is 1.05 bits per heavy atom. The molecular formula is C30H30N4O4. The average Bonchev–Trinajstić information content (AvgIpc) is 3.68. The zero-order chi connectivity index (χ0) is 26.4. The molecule has 194 valence electrons. The molecule has 0 radical (unpaired) electrons. The number of nitrogens with one attached hydrogen (secondary N) is 2. The van der Waals surface area contributed by atoms with Gasteiger partial charge in [0.05, 0.1) is 0 Å². The molecule has 1 aliphatic heterocycles. The van der Waals surface area contributed by atoms with Crippen LogP contribution in [0.15, 0.2) is 71.7 Å². The molecule has 2 aromatic carbocycles. The Kier molecular flexibility index (Phi) is 5.90. The number of H-pyrrole nitrogens is 1. The molecule has 38 heavy (non-hydrogen) atoms. The van der Waals surface area contributed by atoms with Crippen molar-refractivity contribution in [1.29, 1.82) is 0 Å². The number of hydrogen-bond donors (Lipinski definition) is 2. The second-order valence-electron chi connectivity index (χ2n) is 10.6. The lowest BCUT2D eigenvalue weighted by atomic mass is 9.90. The number of urea groups is 1. The Bertz CT molecular complexity index is 1460. The van der Waals surface area contributed by atoms with Gasteiger partial charge in [0.1, 0.15) is 12.1 Å². The lowest BCUT2D eigenvalue weighted by Gasteiger charge is -2.31. The van der Waals surface area contributed by atoms with E-state index in [1.165, 1.54) is 6.07 Å². The van der Waals surface area contributed by atoms with Crippen molar-refractivity contribution in [2.45, 2.75) is 50.7 Å². The maximum atomic E-state index is 13.8. The van der Waals surface area contributed by atoms with Crippen molar-refractivity contribution in [2.24, 2.45) is 5.92 Å². The van der Waals surface area contributed by atoms with E-state index in [1.807, 2.05) is 53.4 Å². The molecule has 2 atom stereocenters. The predicted octanol–water partition coefficient (Wildman–Crippen LogP) is 3.56. The van der Waals surface area contributed by atoms with Gasteiger partial charge in [-0.1, -0.05) is 48.5 Å². The van der Waals surface area contributed by atoms with Gasteiger partial charge in [-0.25, -0.2) is 4.79 Å². The highest BCUT2D eigenvalue weighted by Crippen LogP contribution is 2.43. The summed E-state index contributed by atoms with van der Waals surface area (Å²) in [4.78, 5) is 57.4. The molecule has 1 spiro atoms. The minimum atomic E-state index is -1.15. The largest absolute Gasteiger partial charge is 0.334 e. The number of aromatic amines is 1. The highest BCUT2D eigenvalue weighted by atomic mass is 16.2. The lowest BCUT2D eigenvalue weighted by molar-refractivity contribution is -0.141. The molecule has 3 aliphatic rings. The summed E-state index contributed by atoms with van der Waals surface area (Å²) < 4.78 is 0. The Morgan fingerprint density at radius 3 is 2.53 bits per heavy atom. The van der Waals surface area contributed by atoms with E-state index in [0.29, 0.717) is 25.3 Å². The van der Waals surface area contributed by atoms with Gasteiger partial charge in [-0.05, 0) is 72.4 Å². The number of carbonyl (C=O) groups is 3. The molecular weight excluding hydrogens is 480 g/mol. The zero-order valence-corrected chi connectivity index (χ0v) is 21.3. The van der Waals surface area contributed by atoms with Crippen molar-refractivity contribution in [3.8, 4) is 11.1 Å². The molecule has 0 unspecified atom stereocenters. The van der Waals surface area contributed by atoms with Crippen LogP contribution in [0.2, 0.25) is 0 Å². The van der Waals surface area contributed by atoms with Crippen molar-refractivity contribution in [2.75, 3.05) is 6.54 Å². The van der Waals surface area contributed by atoms with Gasteiger partial charge in [-0.3, -0.25) is 19.3 Å². The number of carbonyl (C=O) groups excluding carboxylic acids is 3. The highest BCUT2D eigenvalue weighted by molar-refractivity contribution is 6.10. The van der Waals surface area contributed by atoms with Gasteiger partial charge in [0, 0.05) is 24.8 Å². The normalized spacial score (nSPS) is 20.9. The molecule has 1 saturated carbocycles. The van der Waals surface area contributed by atoms with Crippen molar-refractivity contribution in [3.05, 3.63) is 93.9 Å². The molecule has 2 heterocycles. The summed E-state index contributed by atoms with van der Waals surface area (Å²) >= 11 is 0. The maximum absolute atomic E-state index is 13.8. The van der Waals surface area contributed by atoms with Gasteiger partial charge < -0.3 is 15.2 Å². The lowest BCUT2D eigenvalue weighted by Crippen LogP contribution is -2.47. The maximum Gasteiger partial charge on any atom is 0.325 e. The van der Waals surface area contributed by atoms with E-state index in [4.69, 9.17) is 0 Å². The fourth-order valence-corrected chi connectivity index (χ4v) is 5.86. The van der Waals surface area contributed by atoms with E-state index in [1.54, 1.807) is 12.3 Å². The van der Waals surface area contributed by atoms with Crippen molar-refractivity contribution < 1.29 is 14.4 Å². The van der Waals surface area contributed by atoms with Crippen molar-refractivity contribution in [3.63, 3.8) is 0 Å². The van der Waals surface area contributed by atoms with Gasteiger partial charge in [-0.15, -0.1) is 0 Å². The summed E-state index contributed by atoms with van der Waals surface area (Å²) in [6.45, 7) is 2.22. The van der Waals surface area contributed by atoms with E-state index < -0.39 is 11.6 Å². The second-order valence-corrected chi connectivity index (χ2v) is 10.6. The van der Waals surface area contributed by atoms with E-state index >= 15 is 0 Å². The van der Waals surface area contributed by atoms with Gasteiger partial charge in [0.2, 0.25) is 11.5 Å². The molecule has 2 fully saturated rings. The SMILES string of the molecule is C[C@@H](C1CC1)N(Cc1ccccc1)C(=O)CN1C(=O)N[C@]2(CCc3cc(-c4ccc(=O)[nH]c4)ccc32)C1=O. The van der Waals surface area contributed by atoms with E-state index in [9.17, 15) is 19.2 Å². The first-order valence-corrected chi connectivity index (χ1v) is 13.2. The molecule has 8 nitrogen and oxygen atoms in total. The van der Waals surface area contributed by atoms with Gasteiger partial charge >= 0.3 is 6.03 Å². The van der Waals surface area contributed by atoms with Crippen LogP contribution in [0.25, 0.3) is 11.1 Å². The highest BCUT2D eigenvalue weighted by Gasteiger charge is 2.56. The number of pyridine rings is 1. The van der Waals surface area contributed by atoms with Gasteiger partial charge in [0.15, 0.2) is 0 Å². The first-order chi connectivity index (χ1) is 18.4.